The van der Waals surface area contributed by atoms with Crippen LogP contribution in [0.4, 0.5) is 19.0 Å². The quantitative estimate of drug-likeness (QED) is 0.787. The third-order valence-electron chi connectivity index (χ3n) is 3.68. The zero-order chi connectivity index (χ0) is 18.7. The summed E-state index contributed by atoms with van der Waals surface area (Å²) in [4.78, 5) is 11.9. The number of anilines is 1. The number of ketones is 1. The summed E-state index contributed by atoms with van der Waals surface area (Å²) in [6.07, 6.45) is -3.36. The maximum atomic E-state index is 13.2. The van der Waals surface area contributed by atoms with E-state index in [9.17, 15) is 18.0 Å². The van der Waals surface area contributed by atoms with E-state index >= 15 is 0 Å². The average molecular weight is 345 g/mol. The molecule has 1 aromatic rings. The van der Waals surface area contributed by atoms with Crippen LogP contribution in [0.3, 0.4) is 0 Å². The molecule has 0 saturated carbocycles. The first-order valence-electron chi connectivity index (χ1n) is 8.05. The summed E-state index contributed by atoms with van der Waals surface area (Å²) in [6, 6.07) is 0. The smallest absolute Gasteiger partial charge is 0.341 e. The summed E-state index contributed by atoms with van der Waals surface area (Å²) < 4.78 is 39.5. The molecule has 24 heavy (non-hydrogen) atoms. The molecule has 0 bridgehead atoms. The van der Waals surface area contributed by atoms with Gasteiger partial charge in [0.15, 0.2) is 11.6 Å². The highest BCUT2D eigenvalue weighted by atomic mass is 19.4. The monoisotopic (exact) mass is 345 g/mol. The Balaban J connectivity index is 0.000000891. The Kier molecular flexibility index (Phi) is 6.25. The summed E-state index contributed by atoms with van der Waals surface area (Å²) in [5.41, 5.74) is -0.180. The van der Waals surface area contributed by atoms with Crippen molar-refractivity contribution < 1.29 is 18.0 Å². The zero-order valence-electron chi connectivity index (χ0n) is 15.1. The molecule has 0 fully saturated rings. The van der Waals surface area contributed by atoms with Crippen molar-refractivity contribution in [3.8, 4) is 0 Å². The number of halogens is 3. The lowest BCUT2D eigenvalue weighted by Gasteiger charge is -2.32. The van der Waals surface area contributed by atoms with Crippen LogP contribution < -0.4 is 5.32 Å². The number of nitrogens with zero attached hydrogens (tertiary/aromatic N) is 1. The predicted molar refractivity (Wildman–Crippen MR) is 88.8 cm³/mol. The predicted octanol–water partition coefficient (Wildman–Crippen LogP) is 5.06. The van der Waals surface area contributed by atoms with Gasteiger partial charge in [-0.2, -0.15) is 18.3 Å². The van der Waals surface area contributed by atoms with Crippen LogP contribution in [0, 0.1) is 19.3 Å². The number of allylic oxidation sites excluding steroid dienone is 2. The number of Topliss-reactive ketones (excluding diaryl/α,β-unsaturated/α-hetero) is 1. The number of alkyl halides is 3. The van der Waals surface area contributed by atoms with Crippen LogP contribution in [0.2, 0.25) is 0 Å². The highest BCUT2D eigenvalue weighted by Crippen LogP contribution is 2.42. The number of aromatic amines is 1. The van der Waals surface area contributed by atoms with E-state index in [2.05, 4.69) is 29.4 Å². The van der Waals surface area contributed by atoms with Crippen molar-refractivity contribution in [2.75, 3.05) is 5.32 Å². The van der Waals surface area contributed by atoms with Gasteiger partial charge in [-0.3, -0.25) is 9.89 Å². The van der Waals surface area contributed by atoms with Crippen molar-refractivity contribution >= 4 is 11.6 Å². The van der Waals surface area contributed by atoms with E-state index < -0.39 is 22.9 Å². The van der Waals surface area contributed by atoms with Crippen molar-refractivity contribution in [1.29, 1.82) is 0 Å². The first-order chi connectivity index (χ1) is 10.9. The molecule has 0 atom stereocenters. The standard InChI is InChI=1S/C14H18F3N3O.C3H8/c1-7-8(2)19-20-12(7)18-9-5-13(3,4)6-10(21)11(9)14(15,16)17;1-3-2/h5-6H2,1-4H3,(H2,18,19,20);3H2,1-2H3. The van der Waals surface area contributed by atoms with Gasteiger partial charge in [-0.05, 0) is 25.7 Å². The van der Waals surface area contributed by atoms with E-state index in [0.717, 1.165) is 11.3 Å². The minimum atomic E-state index is -4.66. The Hall–Kier alpha value is -1.79. The number of carbonyl (C=O) groups excluding carboxylic acids is 1. The number of hydrogen-bond acceptors (Lipinski definition) is 3. The van der Waals surface area contributed by atoms with Gasteiger partial charge in [0, 0.05) is 23.4 Å². The number of carbonyl (C=O) groups is 1. The number of H-pyrrole nitrogens is 1. The van der Waals surface area contributed by atoms with Gasteiger partial charge in [-0.15, -0.1) is 0 Å². The fourth-order valence-electron chi connectivity index (χ4n) is 2.51. The number of hydrogen-bond donors (Lipinski definition) is 2. The summed E-state index contributed by atoms with van der Waals surface area (Å²) >= 11 is 0. The third-order valence-corrected chi connectivity index (χ3v) is 3.68. The minimum absolute atomic E-state index is 0.0987. The molecule has 1 heterocycles. The van der Waals surface area contributed by atoms with Crippen molar-refractivity contribution in [1.82, 2.24) is 10.2 Å². The maximum absolute atomic E-state index is 13.2. The molecule has 0 spiro atoms. The fraction of sp³-hybridized carbons (Fsp3) is 0.647. The van der Waals surface area contributed by atoms with E-state index in [4.69, 9.17) is 0 Å². The zero-order valence-corrected chi connectivity index (χ0v) is 15.1. The van der Waals surface area contributed by atoms with E-state index in [1.54, 1.807) is 27.7 Å². The lowest BCUT2D eigenvalue weighted by Crippen LogP contribution is -2.34. The van der Waals surface area contributed by atoms with E-state index in [-0.39, 0.29) is 18.5 Å². The Morgan fingerprint density at radius 2 is 1.75 bits per heavy atom. The number of aromatic nitrogens is 2. The van der Waals surface area contributed by atoms with Crippen LogP contribution in [0.1, 0.15) is 58.2 Å². The van der Waals surface area contributed by atoms with Gasteiger partial charge in [-0.25, -0.2) is 0 Å². The molecule has 7 heteroatoms. The van der Waals surface area contributed by atoms with Crippen LogP contribution in [0.25, 0.3) is 0 Å². The molecule has 0 aromatic carbocycles. The molecule has 2 N–H and O–H groups in total. The molecule has 0 aliphatic heterocycles. The Morgan fingerprint density at radius 1 is 1.21 bits per heavy atom. The summed E-state index contributed by atoms with van der Waals surface area (Å²) in [7, 11) is 0. The molecule has 136 valence electrons. The Labute approximate surface area is 140 Å². The third kappa shape index (κ3) is 4.85. The van der Waals surface area contributed by atoms with Gasteiger partial charge in [0.2, 0.25) is 0 Å². The normalized spacial score (nSPS) is 17.5. The van der Waals surface area contributed by atoms with Gasteiger partial charge in [0.25, 0.3) is 0 Å². The first kappa shape index (κ1) is 20.3. The van der Waals surface area contributed by atoms with Gasteiger partial charge in [-0.1, -0.05) is 34.1 Å². The van der Waals surface area contributed by atoms with Crippen LogP contribution >= 0.6 is 0 Å². The van der Waals surface area contributed by atoms with Gasteiger partial charge in [0.05, 0.1) is 0 Å². The summed E-state index contributed by atoms with van der Waals surface area (Å²) in [6.45, 7) is 11.3. The molecule has 0 radical (unpaired) electrons. The van der Waals surface area contributed by atoms with Gasteiger partial charge in [0.1, 0.15) is 5.57 Å². The Morgan fingerprint density at radius 3 is 2.17 bits per heavy atom. The maximum Gasteiger partial charge on any atom is 0.421 e. The van der Waals surface area contributed by atoms with Crippen LogP contribution in [-0.4, -0.2) is 22.2 Å². The van der Waals surface area contributed by atoms with Crippen LogP contribution in [0.15, 0.2) is 11.3 Å². The highest BCUT2D eigenvalue weighted by Gasteiger charge is 2.46. The molecular weight excluding hydrogens is 319 g/mol. The van der Waals surface area contributed by atoms with Crippen LogP contribution in [-0.2, 0) is 4.79 Å². The largest absolute Gasteiger partial charge is 0.421 e. The second-order valence-corrected chi connectivity index (χ2v) is 6.95. The highest BCUT2D eigenvalue weighted by molar-refractivity contribution is 5.99. The number of nitrogens with one attached hydrogen (secondary N) is 2. The summed E-state index contributed by atoms with van der Waals surface area (Å²) in [5.74, 6) is -0.541. The molecule has 2 rings (SSSR count). The molecule has 1 aromatic heterocycles. The van der Waals surface area contributed by atoms with E-state index in [1.807, 2.05) is 0 Å². The lowest BCUT2D eigenvalue weighted by atomic mass is 9.75. The number of aryl methyl sites for hydroxylation is 1. The number of rotatable bonds is 2. The Bertz CT molecular complexity index is 628. The van der Waals surface area contributed by atoms with E-state index in [0.29, 0.717) is 5.82 Å². The molecule has 0 amide bonds. The molecule has 0 saturated heterocycles. The lowest BCUT2D eigenvalue weighted by molar-refractivity contribution is -0.132. The second kappa shape index (κ2) is 7.40. The fourth-order valence-corrected chi connectivity index (χ4v) is 2.51. The average Bonchev–Trinajstić information content (AvgIpc) is 2.68. The van der Waals surface area contributed by atoms with Crippen molar-refractivity contribution in [3.63, 3.8) is 0 Å². The molecular formula is C17H26F3N3O. The topological polar surface area (TPSA) is 57.8 Å². The summed E-state index contributed by atoms with van der Waals surface area (Å²) in [5, 5.41) is 9.37. The molecule has 1 aliphatic rings. The molecule has 1 aliphatic carbocycles. The molecule has 4 nitrogen and oxygen atoms in total. The van der Waals surface area contributed by atoms with E-state index in [1.165, 1.54) is 6.42 Å². The minimum Gasteiger partial charge on any atom is -0.341 e. The van der Waals surface area contributed by atoms with Crippen molar-refractivity contribution in [2.24, 2.45) is 5.41 Å². The first-order valence-corrected chi connectivity index (χ1v) is 8.05. The van der Waals surface area contributed by atoms with Crippen molar-refractivity contribution in [2.45, 2.75) is 67.0 Å². The van der Waals surface area contributed by atoms with Crippen molar-refractivity contribution in [3.05, 3.63) is 22.5 Å². The second-order valence-electron chi connectivity index (χ2n) is 6.95. The SMILES string of the molecule is CCC.Cc1[nH]nc(NC2=C(C(F)(F)F)C(=O)CC(C)(C)C2)c1C. The van der Waals surface area contributed by atoms with Gasteiger partial charge >= 0.3 is 6.18 Å². The van der Waals surface area contributed by atoms with Gasteiger partial charge < -0.3 is 5.32 Å². The van der Waals surface area contributed by atoms with Crippen LogP contribution in [0.5, 0.6) is 0 Å². The molecule has 0 unspecified atom stereocenters.